The van der Waals surface area contributed by atoms with Crippen molar-refractivity contribution in [1.29, 1.82) is 0 Å². The molecule has 10 heteroatoms. The van der Waals surface area contributed by atoms with Crippen LogP contribution >= 0.6 is 0 Å². The minimum absolute atomic E-state index is 0. The van der Waals surface area contributed by atoms with E-state index in [0.29, 0.717) is 30.7 Å². The Kier molecular flexibility index (Phi) is 31.3. The molecule has 0 saturated heterocycles. The van der Waals surface area contributed by atoms with Gasteiger partial charge in [-0.25, -0.2) is 4.99 Å². The van der Waals surface area contributed by atoms with Gasteiger partial charge in [-0.2, -0.15) is 0 Å². The van der Waals surface area contributed by atoms with Gasteiger partial charge in [0.15, 0.2) is 5.84 Å². The zero-order chi connectivity index (χ0) is 25.8. The van der Waals surface area contributed by atoms with Crippen LogP contribution in [0, 0.1) is 5.92 Å². The summed E-state index contributed by atoms with van der Waals surface area (Å²) >= 11 is 0. The Morgan fingerprint density at radius 1 is 0.789 bits per heavy atom. The first-order valence-electron chi connectivity index (χ1n) is 14.2. The Balaban J connectivity index is -0.00000408. The third-order valence-electron chi connectivity index (χ3n) is 7.16. The Labute approximate surface area is 276 Å². The summed E-state index contributed by atoms with van der Waals surface area (Å²) in [6, 6.07) is 0. The van der Waals surface area contributed by atoms with Gasteiger partial charge in [0, 0.05) is 31.2 Å². The number of carboxylic acid groups (broad SMARTS) is 2. The molecular formula is C28H52N2Na2O6. The molecule has 0 saturated carbocycles. The number of rotatable bonds is 24. The van der Waals surface area contributed by atoms with E-state index >= 15 is 0 Å². The number of unbranched alkanes of at least 4 members (excludes halogenated alkanes) is 11. The third kappa shape index (κ3) is 22.2. The van der Waals surface area contributed by atoms with Gasteiger partial charge in [0.05, 0.1) is 26.3 Å². The number of nitrogens with zero attached hydrogens (tertiary/aromatic N) is 2. The molecule has 0 aliphatic carbocycles. The summed E-state index contributed by atoms with van der Waals surface area (Å²) in [6.45, 7) is 7.69. The summed E-state index contributed by atoms with van der Waals surface area (Å²) < 4.78 is 6.00. The number of aliphatic imine (C=N–C) groups is 1. The van der Waals surface area contributed by atoms with Crippen molar-refractivity contribution in [2.75, 3.05) is 39.4 Å². The van der Waals surface area contributed by atoms with Crippen molar-refractivity contribution < 1.29 is 93.6 Å². The van der Waals surface area contributed by atoms with Gasteiger partial charge in [0.2, 0.25) is 0 Å². The molecule has 0 aromatic heterocycles. The van der Waals surface area contributed by atoms with Gasteiger partial charge >= 0.3 is 59.1 Å². The summed E-state index contributed by atoms with van der Waals surface area (Å²) in [6.07, 6.45) is 17.9. The van der Waals surface area contributed by atoms with E-state index in [1.165, 1.54) is 77.0 Å². The maximum atomic E-state index is 11.1. The quantitative estimate of drug-likeness (QED) is 0.0729. The molecule has 0 aromatic rings. The van der Waals surface area contributed by atoms with E-state index in [9.17, 15) is 19.8 Å². The molecule has 1 aliphatic heterocycles. The fourth-order valence-electron chi connectivity index (χ4n) is 4.96. The number of carboxylic acids is 2. The smallest absolute Gasteiger partial charge is 0.870 e. The first kappa shape index (κ1) is 43.0. The van der Waals surface area contributed by atoms with Crippen LogP contribution in [-0.4, -0.2) is 67.1 Å². The molecule has 0 spiro atoms. The van der Waals surface area contributed by atoms with E-state index in [1.54, 1.807) is 0 Å². The van der Waals surface area contributed by atoms with Crippen LogP contribution in [0.4, 0.5) is 0 Å². The molecule has 38 heavy (non-hydrogen) atoms. The first-order valence-corrected chi connectivity index (χ1v) is 14.2. The minimum atomic E-state index is -1.12. The van der Waals surface area contributed by atoms with E-state index in [1.807, 2.05) is 0 Å². The zero-order valence-corrected chi connectivity index (χ0v) is 29.0. The molecule has 0 fully saturated rings. The summed E-state index contributed by atoms with van der Waals surface area (Å²) in [5, 5.41) is 21.6. The van der Waals surface area contributed by atoms with E-state index in [4.69, 9.17) is 9.73 Å². The molecule has 8 nitrogen and oxygen atoms in total. The Morgan fingerprint density at radius 2 is 1.29 bits per heavy atom. The van der Waals surface area contributed by atoms with Gasteiger partial charge in [-0.3, -0.25) is 4.48 Å². The summed E-state index contributed by atoms with van der Waals surface area (Å²) in [7, 11) is 0. The van der Waals surface area contributed by atoms with Crippen molar-refractivity contribution in [3.63, 3.8) is 0 Å². The van der Waals surface area contributed by atoms with Crippen molar-refractivity contribution in [2.45, 2.75) is 117 Å². The van der Waals surface area contributed by atoms with E-state index in [0.717, 1.165) is 31.1 Å². The molecule has 1 N–H and O–H groups in total. The van der Waals surface area contributed by atoms with Crippen molar-refractivity contribution >= 4 is 17.8 Å². The Morgan fingerprint density at radius 3 is 1.79 bits per heavy atom. The van der Waals surface area contributed by atoms with Gasteiger partial charge in [0.25, 0.3) is 0 Å². The largest absolute Gasteiger partial charge is 1.00 e. The number of amidine groups is 1. The molecule has 1 unspecified atom stereocenters. The second-order valence-electron chi connectivity index (χ2n) is 10.6. The normalized spacial score (nSPS) is 16.3. The second kappa shape index (κ2) is 27.6. The maximum Gasteiger partial charge on any atom is 1.00 e. The predicted molar refractivity (Wildman–Crippen MR) is 139 cm³/mol. The molecule has 212 valence electrons. The van der Waals surface area contributed by atoms with Crippen LogP contribution in [-0.2, 0) is 14.3 Å². The van der Waals surface area contributed by atoms with Crippen molar-refractivity contribution in [1.82, 2.24) is 0 Å². The Bertz CT molecular complexity index is 622. The minimum Gasteiger partial charge on any atom is -0.870 e. The Hall–Kier alpha value is 0.490. The predicted octanol–water partition coefficient (Wildman–Crippen LogP) is -2.54. The van der Waals surface area contributed by atoms with Gasteiger partial charge in [0.1, 0.15) is 13.1 Å². The fourth-order valence-corrected chi connectivity index (χ4v) is 4.96. The molecular weight excluding hydrogens is 506 g/mol. The molecule has 0 aromatic carbocycles. The van der Waals surface area contributed by atoms with Crippen LogP contribution < -0.4 is 69.3 Å². The number of hydrogen-bond acceptors (Lipinski definition) is 7. The number of hydrogen-bond donors (Lipinski definition) is 0. The number of carbonyl (C=O) groups excluding carboxylic acids is 2. The van der Waals surface area contributed by atoms with Crippen LogP contribution in [0.15, 0.2) is 4.99 Å². The first-order chi connectivity index (χ1) is 16.9. The number of quaternary nitrogens is 1. The maximum absolute atomic E-state index is 11.1. The van der Waals surface area contributed by atoms with Crippen LogP contribution in [0.25, 0.3) is 0 Å². The zero-order valence-electron chi connectivity index (χ0n) is 25.0. The van der Waals surface area contributed by atoms with Gasteiger partial charge < -0.3 is 30.0 Å². The van der Waals surface area contributed by atoms with Crippen LogP contribution in [0.5, 0.6) is 0 Å². The average Bonchev–Trinajstić information content (AvgIpc) is 3.20. The number of carbonyl (C=O) groups is 2. The molecule has 0 bridgehead atoms. The summed E-state index contributed by atoms with van der Waals surface area (Å²) in [4.78, 5) is 26.4. The standard InChI is InChI=1S/C28H52N2O5.2Na.H2O/c1-25(2)15-13-11-9-7-5-3-4-6-8-10-12-14-16-26-29-19-21-30(26,20-17-27(31)32)22-24-35-23-18-28(33)34;;;/h25H,3-24H2,1-2H3,(H-,31,32,33,34);;;1H2/q;2*+1;/p-2. The molecule has 1 aliphatic rings. The van der Waals surface area contributed by atoms with Crippen molar-refractivity contribution in [3.05, 3.63) is 0 Å². The molecule has 0 amide bonds. The van der Waals surface area contributed by atoms with Gasteiger partial charge in [-0.15, -0.1) is 0 Å². The molecule has 1 atom stereocenters. The van der Waals surface area contributed by atoms with Gasteiger partial charge in [-0.05, 0) is 12.3 Å². The van der Waals surface area contributed by atoms with E-state index in [2.05, 4.69) is 13.8 Å². The topological polar surface area (TPSA) is 132 Å². The average molecular weight is 559 g/mol. The van der Waals surface area contributed by atoms with E-state index in [-0.39, 0.29) is 84.0 Å². The van der Waals surface area contributed by atoms with Crippen LogP contribution in [0.1, 0.15) is 117 Å². The van der Waals surface area contributed by atoms with E-state index < -0.39 is 11.9 Å². The van der Waals surface area contributed by atoms with Crippen molar-refractivity contribution in [2.24, 2.45) is 10.9 Å². The number of aliphatic carboxylic acids is 2. The van der Waals surface area contributed by atoms with Gasteiger partial charge in [-0.1, -0.05) is 90.9 Å². The SMILES string of the molecule is CC(C)CCCCCCCCCCCCCCC1=NCC[N+]1(CCOCCC(=O)[O-])CCC(=O)[O-].[Na+].[Na+].[OH-]. The number of ether oxygens (including phenoxy) is 1. The van der Waals surface area contributed by atoms with Crippen molar-refractivity contribution in [3.8, 4) is 0 Å². The fraction of sp³-hybridized carbons (Fsp3) is 0.893. The molecule has 0 radical (unpaired) electrons. The molecule has 1 rings (SSSR count). The second-order valence-corrected chi connectivity index (χ2v) is 10.6. The molecule has 1 heterocycles. The van der Waals surface area contributed by atoms with Crippen LogP contribution in [0.3, 0.4) is 0 Å². The monoisotopic (exact) mass is 558 g/mol. The summed E-state index contributed by atoms with van der Waals surface area (Å²) in [5.74, 6) is -0.255. The summed E-state index contributed by atoms with van der Waals surface area (Å²) in [5.41, 5.74) is 0. The van der Waals surface area contributed by atoms with Crippen LogP contribution in [0.2, 0.25) is 0 Å². The third-order valence-corrected chi connectivity index (χ3v) is 7.16.